The van der Waals surface area contributed by atoms with E-state index in [-0.39, 0.29) is 0 Å². The summed E-state index contributed by atoms with van der Waals surface area (Å²) in [5, 5.41) is 18.3. The lowest BCUT2D eigenvalue weighted by Gasteiger charge is -2.43. The van der Waals surface area contributed by atoms with Crippen molar-refractivity contribution < 1.29 is 79.7 Å². The van der Waals surface area contributed by atoms with Crippen LogP contribution in [-0.2, 0) is 0 Å². The maximum Gasteiger partial charge on any atom is 0.460 e. The van der Waals surface area contributed by atoms with Crippen molar-refractivity contribution in [3.05, 3.63) is 35.4 Å². The lowest BCUT2D eigenvalue weighted by molar-refractivity contribution is -0.462. The summed E-state index contributed by atoms with van der Waals surface area (Å²) in [4.78, 5) is 0. The third-order valence-electron chi connectivity index (χ3n) is 4.68. The van der Waals surface area contributed by atoms with Crippen molar-refractivity contribution in [3.8, 4) is 6.07 Å². The van der Waals surface area contributed by atoms with Gasteiger partial charge in [-0.2, -0.15) is 79.9 Å². The van der Waals surface area contributed by atoms with Gasteiger partial charge in [0.15, 0.2) is 0 Å². The van der Waals surface area contributed by atoms with E-state index in [0.29, 0.717) is 6.07 Å². The number of hydrogen-bond donors (Lipinski definition) is 1. The molecule has 36 heavy (non-hydrogen) atoms. The van der Waals surface area contributed by atoms with Crippen LogP contribution in [-0.4, -0.2) is 52.7 Å². The first-order chi connectivity index (χ1) is 15.7. The molecule has 0 radical (unpaired) electrons. The van der Waals surface area contributed by atoms with Crippen LogP contribution in [0.3, 0.4) is 0 Å². The average molecular weight is 565 g/mol. The molecule has 0 aromatic heterocycles. The number of benzene rings is 1. The van der Waals surface area contributed by atoms with Crippen LogP contribution < -0.4 is 0 Å². The summed E-state index contributed by atoms with van der Waals surface area (Å²) < 4.78 is 225. The lowest BCUT2D eigenvalue weighted by Crippen LogP contribution is -2.74. The summed E-state index contributed by atoms with van der Waals surface area (Å²) in [5.74, 6) is -57.3. The van der Waals surface area contributed by atoms with Crippen LogP contribution in [0.4, 0.5) is 74.6 Å². The van der Waals surface area contributed by atoms with Gasteiger partial charge in [0.05, 0.1) is 17.7 Å². The van der Waals surface area contributed by atoms with Gasteiger partial charge in [0.25, 0.3) is 0 Å². The van der Waals surface area contributed by atoms with Crippen LogP contribution in [0.25, 0.3) is 0 Å². The zero-order valence-corrected chi connectivity index (χ0v) is 16.4. The minimum Gasteiger partial charge on any atom is -0.388 e. The molecule has 0 saturated carbocycles. The van der Waals surface area contributed by atoms with Crippen molar-refractivity contribution in [1.29, 1.82) is 5.26 Å². The van der Waals surface area contributed by atoms with Crippen LogP contribution in [0.1, 0.15) is 23.7 Å². The summed E-state index contributed by atoms with van der Waals surface area (Å²) in [7, 11) is 0. The standard InChI is InChI=1S/C17H8F17NO/c18-10(19,5-9(36)8-4-2-1-3-7(8)6-35)11(20,21)12(22,23)13(24,25)14(26,27)15(28,29)16(30,31)17(32,33)34/h1-4,9,36H,5H2. The van der Waals surface area contributed by atoms with Gasteiger partial charge < -0.3 is 5.11 Å². The van der Waals surface area contributed by atoms with E-state index in [9.17, 15) is 79.7 Å². The van der Waals surface area contributed by atoms with Gasteiger partial charge in [0, 0.05) is 6.42 Å². The molecule has 1 unspecified atom stereocenters. The molecule has 0 saturated heterocycles. The van der Waals surface area contributed by atoms with Crippen molar-refractivity contribution in [2.45, 2.75) is 60.2 Å². The van der Waals surface area contributed by atoms with Gasteiger partial charge >= 0.3 is 47.6 Å². The zero-order valence-electron chi connectivity index (χ0n) is 16.4. The van der Waals surface area contributed by atoms with Crippen LogP contribution in [0.5, 0.6) is 0 Å². The van der Waals surface area contributed by atoms with E-state index in [4.69, 9.17) is 5.26 Å². The Morgan fingerprint density at radius 2 is 0.972 bits per heavy atom. The molecule has 19 heteroatoms. The maximum atomic E-state index is 13.9. The Morgan fingerprint density at radius 1 is 0.611 bits per heavy atom. The maximum absolute atomic E-state index is 13.9. The number of rotatable bonds is 9. The van der Waals surface area contributed by atoms with Gasteiger partial charge in [-0.25, -0.2) is 0 Å². The Bertz CT molecular complexity index is 992. The molecule has 0 aliphatic heterocycles. The molecule has 0 spiro atoms. The lowest BCUT2D eigenvalue weighted by atomic mass is 9.87. The van der Waals surface area contributed by atoms with Gasteiger partial charge in [-0.15, -0.1) is 0 Å². The molecule has 0 aliphatic carbocycles. The molecule has 0 bridgehead atoms. The molecule has 0 amide bonds. The summed E-state index contributed by atoms with van der Waals surface area (Å²) in [5.41, 5.74) is -1.77. The fourth-order valence-electron chi connectivity index (χ4n) is 2.57. The van der Waals surface area contributed by atoms with Gasteiger partial charge in [-0.3, -0.25) is 0 Å². The van der Waals surface area contributed by atoms with Crippen molar-refractivity contribution in [2.24, 2.45) is 0 Å². The zero-order chi connectivity index (χ0) is 29.0. The van der Waals surface area contributed by atoms with Crippen molar-refractivity contribution in [1.82, 2.24) is 0 Å². The smallest absolute Gasteiger partial charge is 0.388 e. The molecule has 1 aromatic carbocycles. The Labute approximate surface area is 187 Å². The Kier molecular flexibility index (Phi) is 7.70. The third kappa shape index (κ3) is 4.30. The van der Waals surface area contributed by atoms with Gasteiger partial charge in [0.1, 0.15) is 0 Å². The number of halogens is 17. The Hall–Kier alpha value is -2.52. The Morgan fingerprint density at radius 3 is 1.36 bits per heavy atom. The molecule has 206 valence electrons. The van der Waals surface area contributed by atoms with Crippen molar-refractivity contribution in [2.75, 3.05) is 0 Å². The first-order valence-electron chi connectivity index (χ1n) is 8.57. The van der Waals surface area contributed by atoms with Crippen LogP contribution in [0.15, 0.2) is 24.3 Å². The summed E-state index contributed by atoms with van der Waals surface area (Å²) in [6, 6.07) is 4.40. The highest BCUT2D eigenvalue weighted by Gasteiger charge is 2.95. The molecule has 0 aliphatic rings. The highest BCUT2D eigenvalue weighted by molar-refractivity contribution is 5.38. The summed E-state index contributed by atoms with van der Waals surface area (Å²) in [6.07, 6.45) is -14.0. The largest absolute Gasteiger partial charge is 0.460 e. The van der Waals surface area contributed by atoms with Gasteiger partial charge in [-0.1, -0.05) is 18.2 Å². The molecular formula is C17H8F17NO. The molecule has 2 nitrogen and oxygen atoms in total. The van der Waals surface area contributed by atoms with E-state index >= 15 is 0 Å². The van der Waals surface area contributed by atoms with Gasteiger partial charge in [-0.05, 0) is 11.6 Å². The van der Waals surface area contributed by atoms with Crippen LogP contribution in [0, 0.1) is 11.3 Å². The van der Waals surface area contributed by atoms with E-state index in [1.54, 1.807) is 0 Å². The fraction of sp³-hybridized carbons (Fsp3) is 0.588. The minimum absolute atomic E-state index is 0.568. The quantitative estimate of drug-likeness (QED) is 0.328. The van der Waals surface area contributed by atoms with Gasteiger partial charge in [0.2, 0.25) is 0 Å². The van der Waals surface area contributed by atoms with E-state index in [2.05, 4.69) is 0 Å². The molecular weight excluding hydrogens is 557 g/mol. The monoisotopic (exact) mass is 565 g/mol. The van der Waals surface area contributed by atoms with E-state index in [0.717, 1.165) is 18.2 Å². The number of nitriles is 1. The molecule has 1 rings (SSSR count). The first-order valence-corrected chi connectivity index (χ1v) is 8.57. The topological polar surface area (TPSA) is 44.0 Å². The molecule has 0 heterocycles. The van der Waals surface area contributed by atoms with E-state index in [1.165, 1.54) is 6.07 Å². The van der Waals surface area contributed by atoms with E-state index < -0.39 is 71.3 Å². The second-order valence-corrected chi connectivity index (χ2v) is 7.07. The highest BCUT2D eigenvalue weighted by Crippen LogP contribution is 2.64. The SMILES string of the molecule is N#Cc1ccccc1C(O)CC(F)(F)C(F)(F)C(F)(F)C(F)(F)C(F)(F)C(F)(F)C(F)(F)C(F)(F)F. The Balaban J connectivity index is 3.58. The average Bonchev–Trinajstić information content (AvgIpc) is 2.71. The minimum atomic E-state index is -8.71. The van der Waals surface area contributed by atoms with Crippen LogP contribution in [0.2, 0.25) is 0 Å². The normalized spacial score (nSPS) is 16.0. The predicted molar refractivity (Wildman–Crippen MR) is 81.4 cm³/mol. The summed E-state index contributed by atoms with van der Waals surface area (Å²) >= 11 is 0. The molecule has 1 N–H and O–H groups in total. The number of aliphatic hydroxyl groups excluding tert-OH is 1. The highest BCUT2D eigenvalue weighted by atomic mass is 19.4. The fourth-order valence-corrected chi connectivity index (χ4v) is 2.57. The third-order valence-corrected chi connectivity index (χ3v) is 4.68. The summed E-state index contributed by atoms with van der Waals surface area (Å²) in [6.45, 7) is 0. The van der Waals surface area contributed by atoms with E-state index in [1.807, 2.05) is 0 Å². The second-order valence-electron chi connectivity index (χ2n) is 7.07. The molecule has 1 atom stereocenters. The van der Waals surface area contributed by atoms with Crippen LogP contribution >= 0.6 is 0 Å². The molecule has 1 aromatic rings. The van der Waals surface area contributed by atoms with Crippen molar-refractivity contribution in [3.63, 3.8) is 0 Å². The van der Waals surface area contributed by atoms with Crippen molar-refractivity contribution >= 4 is 0 Å². The molecule has 0 fully saturated rings. The first kappa shape index (κ1) is 31.5. The second kappa shape index (κ2) is 8.80. The number of aliphatic hydroxyl groups is 1. The number of nitrogens with zero attached hydrogens (tertiary/aromatic N) is 1. The predicted octanol–water partition coefficient (Wildman–Crippen LogP) is 6.99. The number of hydrogen-bond acceptors (Lipinski definition) is 2. The number of alkyl halides is 17.